The second-order valence-electron chi connectivity index (χ2n) is 4.57. The zero-order valence-corrected chi connectivity index (χ0v) is 16.7. The van der Waals surface area contributed by atoms with Crippen molar-refractivity contribution in [2.24, 2.45) is 0 Å². The molecule has 2 rings (SSSR count). The van der Waals surface area contributed by atoms with Crippen molar-refractivity contribution in [1.29, 1.82) is 0 Å². The van der Waals surface area contributed by atoms with Crippen LogP contribution < -0.4 is 0 Å². The molecule has 0 amide bonds. The van der Waals surface area contributed by atoms with Gasteiger partial charge in [-0.1, -0.05) is 69.6 Å². The second-order valence-corrected chi connectivity index (χ2v) is 9.13. The van der Waals surface area contributed by atoms with Gasteiger partial charge in [0.05, 0.1) is 0 Å². The Balaban J connectivity index is 0.000000271. The van der Waals surface area contributed by atoms with Crippen LogP contribution in [0, 0.1) is 40.7 Å². The maximum Gasteiger partial charge on any atom is 0.219 e. The fourth-order valence-corrected chi connectivity index (χ4v) is 2.37. The van der Waals surface area contributed by atoms with Crippen LogP contribution in [0.15, 0.2) is 18.2 Å². The van der Waals surface area contributed by atoms with Gasteiger partial charge in [-0.05, 0) is 18.2 Å². The average Bonchev–Trinajstić information content (AvgIpc) is 2.52. The van der Waals surface area contributed by atoms with E-state index in [4.69, 9.17) is 69.6 Å². The molecule has 13 heteroatoms. The van der Waals surface area contributed by atoms with Crippen molar-refractivity contribution in [2.45, 2.75) is 7.59 Å². The molecule has 0 fully saturated rings. The Morgan fingerprint density at radius 1 is 0.481 bits per heavy atom. The Hall–Kier alpha value is -0.310. The van der Waals surface area contributed by atoms with Gasteiger partial charge >= 0.3 is 0 Å². The fraction of sp³-hybridized carbons (Fsp3) is 0.143. The van der Waals surface area contributed by atoms with Gasteiger partial charge in [0, 0.05) is 11.1 Å². The number of hydrogen-bond donors (Lipinski definition) is 0. The highest BCUT2D eigenvalue weighted by molar-refractivity contribution is 6.67. The molecule has 0 bridgehead atoms. The molecule has 0 atom stereocenters. The highest BCUT2D eigenvalue weighted by Crippen LogP contribution is 2.41. The molecule has 0 nitrogen and oxygen atoms in total. The van der Waals surface area contributed by atoms with Crippen molar-refractivity contribution in [3.05, 3.63) is 70.0 Å². The minimum Gasteiger partial charge on any atom is -0.204 e. The van der Waals surface area contributed by atoms with Gasteiger partial charge in [-0.2, -0.15) is 0 Å². The summed E-state index contributed by atoms with van der Waals surface area (Å²) in [6.45, 7) is 0. The zero-order valence-electron chi connectivity index (χ0n) is 12.1. The fourth-order valence-electron chi connectivity index (χ4n) is 1.52. The standard InChI is InChI=1S/C7HCl3F4.C7H2Cl3F3/c8-7(9,10)2-1-3(11)5(13)6(14)4(2)12;8-7(9,10)3-1-2-4(11)6(13)5(3)12/h1H;1-2H. The molecule has 150 valence electrons. The SMILES string of the molecule is Fc1cc(C(Cl)(Cl)Cl)c(F)c(F)c1F.Fc1ccc(C(Cl)(Cl)Cl)c(F)c1F. The molecule has 27 heavy (non-hydrogen) atoms. The number of alkyl halides is 6. The van der Waals surface area contributed by atoms with Crippen molar-refractivity contribution in [2.75, 3.05) is 0 Å². The van der Waals surface area contributed by atoms with E-state index in [1.54, 1.807) is 0 Å². The van der Waals surface area contributed by atoms with E-state index in [2.05, 4.69) is 0 Å². The topological polar surface area (TPSA) is 0 Å². The zero-order chi connectivity index (χ0) is 21.3. The van der Waals surface area contributed by atoms with Crippen LogP contribution in [0.1, 0.15) is 11.1 Å². The molecular weight excluding hydrogens is 514 g/mol. The predicted molar refractivity (Wildman–Crippen MR) is 91.1 cm³/mol. The summed E-state index contributed by atoms with van der Waals surface area (Å²) >= 11 is 31.5. The molecule has 0 aliphatic heterocycles. The average molecular weight is 517 g/mol. The second kappa shape index (κ2) is 9.01. The first-order valence-corrected chi connectivity index (χ1v) is 8.46. The molecule has 2 aromatic rings. The Bertz CT molecular complexity index is 846. The maximum atomic E-state index is 12.9. The monoisotopic (exact) mass is 514 g/mol. The summed E-state index contributed by atoms with van der Waals surface area (Å²) in [6.07, 6.45) is 0. The van der Waals surface area contributed by atoms with Crippen LogP contribution in [-0.2, 0) is 7.59 Å². The lowest BCUT2D eigenvalue weighted by molar-refractivity contribution is 0.404. The summed E-state index contributed by atoms with van der Waals surface area (Å²) < 4.78 is 84.0. The first-order chi connectivity index (χ1) is 12.1. The molecule has 0 N–H and O–H groups in total. The molecule has 0 radical (unpaired) electrons. The van der Waals surface area contributed by atoms with Crippen LogP contribution in [0.3, 0.4) is 0 Å². The van der Waals surface area contributed by atoms with E-state index in [0.717, 1.165) is 6.07 Å². The third-order valence-electron chi connectivity index (χ3n) is 2.75. The molecule has 2 aromatic carbocycles. The van der Waals surface area contributed by atoms with Crippen molar-refractivity contribution < 1.29 is 30.7 Å². The largest absolute Gasteiger partial charge is 0.219 e. The normalized spacial score (nSPS) is 11.9. The van der Waals surface area contributed by atoms with Crippen molar-refractivity contribution in [3.8, 4) is 0 Å². The van der Waals surface area contributed by atoms with E-state index in [9.17, 15) is 30.7 Å². The summed E-state index contributed by atoms with van der Waals surface area (Å²) in [5.41, 5.74) is -1.39. The predicted octanol–water partition coefficient (Wildman–Crippen LogP) is 8.00. The molecule has 0 heterocycles. The Labute approximate surface area is 177 Å². The van der Waals surface area contributed by atoms with Crippen LogP contribution in [0.2, 0.25) is 0 Å². The van der Waals surface area contributed by atoms with E-state index >= 15 is 0 Å². The van der Waals surface area contributed by atoms with Crippen LogP contribution in [0.25, 0.3) is 0 Å². The summed E-state index contributed by atoms with van der Waals surface area (Å²) in [5.74, 6) is -11.7. The van der Waals surface area contributed by atoms with E-state index < -0.39 is 59.4 Å². The molecule has 0 saturated carbocycles. The number of halogens is 13. The number of hydrogen-bond acceptors (Lipinski definition) is 0. The van der Waals surface area contributed by atoms with Gasteiger partial charge in [-0.15, -0.1) is 0 Å². The lowest BCUT2D eigenvalue weighted by atomic mass is 10.2. The van der Waals surface area contributed by atoms with Gasteiger partial charge in [0.1, 0.15) is 0 Å². The molecule has 0 aliphatic carbocycles. The van der Waals surface area contributed by atoms with Crippen LogP contribution >= 0.6 is 69.6 Å². The Morgan fingerprint density at radius 2 is 0.889 bits per heavy atom. The van der Waals surface area contributed by atoms with E-state index in [0.29, 0.717) is 12.1 Å². The lowest BCUT2D eigenvalue weighted by Crippen LogP contribution is -2.09. The van der Waals surface area contributed by atoms with Gasteiger partial charge in [-0.3, -0.25) is 0 Å². The molecular formula is C14H3Cl6F7. The summed E-state index contributed by atoms with van der Waals surface area (Å²) in [4.78, 5) is 0. The van der Waals surface area contributed by atoms with E-state index in [1.807, 2.05) is 0 Å². The highest BCUT2D eigenvalue weighted by atomic mass is 35.6. The third kappa shape index (κ3) is 6.08. The minimum atomic E-state index is -2.35. The quantitative estimate of drug-likeness (QED) is 0.144. The van der Waals surface area contributed by atoms with Gasteiger partial charge in [-0.25, -0.2) is 30.7 Å². The summed E-state index contributed by atoms with van der Waals surface area (Å²) in [5, 5.41) is 0. The van der Waals surface area contributed by atoms with Crippen molar-refractivity contribution in [3.63, 3.8) is 0 Å². The van der Waals surface area contributed by atoms with Gasteiger partial charge in [0.15, 0.2) is 40.7 Å². The number of benzene rings is 2. The smallest absolute Gasteiger partial charge is 0.204 e. The van der Waals surface area contributed by atoms with Crippen LogP contribution in [0.5, 0.6) is 0 Å². The highest BCUT2D eigenvalue weighted by Gasteiger charge is 2.32. The van der Waals surface area contributed by atoms with Gasteiger partial charge < -0.3 is 0 Å². The van der Waals surface area contributed by atoms with E-state index in [1.165, 1.54) is 0 Å². The van der Waals surface area contributed by atoms with Gasteiger partial charge in [0.25, 0.3) is 0 Å². The Kier molecular flexibility index (Phi) is 8.25. The first kappa shape index (κ1) is 24.7. The van der Waals surface area contributed by atoms with E-state index in [-0.39, 0.29) is 0 Å². The molecule has 0 spiro atoms. The summed E-state index contributed by atoms with van der Waals surface area (Å²) in [6, 6.07) is 1.86. The first-order valence-electron chi connectivity index (χ1n) is 6.19. The third-order valence-corrected chi connectivity index (χ3v) is 3.97. The molecule has 0 unspecified atom stereocenters. The van der Waals surface area contributed by atoms with Crippen LogP contribution in [-0.4, -0.2) is 0 Å². The maximum absolute atomic E-state index is 12.9. The molecule has 0 saturated heterocycles. The number of rotatable bonds is 0. The van der Waals surface area contributed by atoms with Crippen LogP contribution in [0.4, 0.5) is 30.7 Å². The van der Waals surface area contributed by atoms with Gasteiger partial charge in [0.2, 0.25) is 7.59 Å². The lowest BCUT2D eigenvalue weighted by Gasteiger charge is -2.12. The van der Waals surface area contributed by atoms with Crippen molar-refractivity contribution in [1.82, 2.24) is 0 Å². The Morgan fingerprint density at radius 3 is 1.33 bits per heavy atom. The summed E-state index contributed by atoms with van der Waals surface area (Å²) in [7, 11) is 0. The van der Waals surface area contributed by atoms with Crippen molar-refractivity contribution >= 4 is 69.6 Å². The molecule has 0 aromatic heterocycles. The minimum absolute atomic E-state index is 0.292. The molecule has 0 aliphatic rings.